The number of rotatable bonds is 4. The third kappa shape index (κ3) is 2.95. The van der Waals surface area contributed by atoms with E-state index in [1.54, 1.807) is 12.1 Å². The number of aromatic nitrogens is 1. The number of nitrogens with two attached hydrogens (primary N) is 1. The fourth-order valence-corrected chi connectivity index (χ4v) is 1.51. The molecule has 0 aliphatic carbocycles. The van der Waals surface area contributed by atoms with Crippen molar-refractivity contribution in [2.45, 2.75) is 33.2 Å². The molecule has 1 rings (SSSR count). The first-order valence-electron chi connectivity index (χ1n) is 5.58. The van der Waals surface area contributed by atoms with Gasteiger partial charge in [-0.15, -0.1) is 0 Å². The maximum atomic E-state index is 12.1. The zero-order valence-electron chi connectivity index (χ0n) is 10.1. The van der Waals surface area contributed by atoms with Crippen LogP contribution in [0.5, 0.6) is 0 Å². The minimum Gasteiger partial charge on any atom is -0.397 e. The van der Waals surface area contributed by atoms with Crippen molar-refractivity contribution in [2.24, 2.45) is 0 Å². The first-order chi connectivity index (χ1) is 7.56. The fraction of sp³-hybridized carbons (Fsp3) is 0.500. The lowest BCUT2D eigenvalue weighted by molar-refractivity contribution is 0.0700. The van der Waals surface area contributed by atoms with Crippen LogP contribution in [0.25, 0.3) is 0 Å². The lowest BCUT2D eigenvalue weighted by Gasteiger charge is -2.25. The second-order valence-electron chi connectivity index (χ2n) is 4.07. The summed E-state index contributed by atoms with van der Waals surface area (Å²) in [5.74, 6) is -0.0307. The molecular weight excluding hydrogens is 202 g/mol. The Morgan fingerprint density at radius 1 is 1.50 bits per heavy atom. The van der Waals surface area contributed by atoms with Gasteiger partial charge in [-0.05, 0) is 32.4 Å². The second-order valence-corrected chi connectivity index (χ2v) is 4.07. The summed E-state index contributed by atoms with van der Waals surface area (Å²) in [5.41, 5.74) is 6.56. The molecule has 0 aliphatic heterocycles. The number of anilines is 1. The Morgan fingerprint density at radius 2 is 2.19 bits per heavy atom. The van der Waals surface area contributed by atoms with Crippen LogP contribution < -0.4 is 5.73 Å². The van der Waals surface area contributed by atoms with Gasteiger partial charge in [0.1, 0.15) is 5.69 Å². The molecule has 0 saturated heterocycles. The Morgan fingerprint density at radius 3 is 2.62 bits per heavy atom. The lowest BCUT2D eigenvalue weighted by atomic mass is 10.2. The van der Waals surface area contributed by atoms with Crippen molar-refractivity contribution in [3.63, 3.8) is 0 Å². The maximum absolute atomic E-state index is 12.1. The zero-order valence-corrected chi connectivity index (χ0v) is 10.1. The standard InChI is InChI=1S/C12H19N3O/c1-4-7-15(9(2)3)12(16)11-6-5-10(13)8-14-11/h5-6,8-9H,4,7,13H2,1-3H3. The molecule has 4 nitrogen and oxygen atoms in total. The van der Waals surface area contributed by atoms with Gasteiger partial charge < -0.3 is 10.6 Å². The number of hydrogen-bond acceptors (Lipinski definition) is 3. The van der Waals surface area contributed by atoms with Gasteiger partial charge in [-0.25, -0.2) is 4.98 Å². The van der Waals surface area contributed by atoms with E-state index in [4.69, 9.17) is 5.73 Å². The zero-order chi connectivity index (χ0) is 12.1. The van der Waals surface area contributed by atoms with Gasteiger partial charge in [0.05, 0.1) is 11.9 Å². The summed E-state index contributed by atoms with van der Waals surface area (Å²) in [6.07, 6.45) is 2.45. The SMILES string of the molecule is CCCN(C(=O)c1ccc(N)cn1)C(C)C. The molecule has 4 heteroatoms. The predicted octanol–water partition coefficient (Wildman–Crippen LogP) is 1.92. The molecule has 0 radical (unpaired) electrons. The third-order valence-corrected chi connectivity index (χ3v) is 2.35. The van der Waals surface area contributed by atoms with Gasteiger partial charge in [-0.1, -0.05) is 6.92 Å². The molecule has 16 heavy (non-hydrogen) atoms. The van der Waals surface area contributed by atoms with Crippen LogP contribution in [-0.4, -0.2) is 28.4 Å². The van der Waals surface area contributed by atoms with Gasteiger partial charge >= 0.3 is 0 Å². The average molecular weight is 221 g/mol. The second kappa shape index (κ2) is 5.49. The molecule has 2 N–H and O–H groups in total. The van der Waals surface area contributed by atoms with E-state index in [2.05, 4.69) is 11.9 Å². The highest BCUT2D eigenvalue weighted by Gasteiger charge is 2.18. The molecule has 0 saturated carbocycles. The summed E-state index contributed by atoms with van der Waals surface area (Å²) in [6.45, 7) is 6.82. The van der Waals surface area contributed by atoms with E-state index in [0.717, 1.165) is 13.0 Å². The fourth-order valence-electron chi connectivity index (χ4n) is 1.51. The lowest BCUT2D eigenvalue weighted by Crippen LogP contribution is -2.37. The normalized spacial score (nSPS) is 10.5. The van der Waals surface area contributed by atoms with E-state index in [0.29, 0.717) is 11.4 Å². The van der Waals surface area contributed by atoms with E-state index >= 15 is 0 Å². The van der Waals surface area contributed by atoms with Crippen LogP contribution in [0.4, 0.5) is 5.69 Å². The number of nitrogens with zero attached hydrogens (tertiary/aromatic N) is 2. The van der Waals surface area contributed by atoms with Gasteiger partial charge in [-0.3, -0.25) is 4.79 Å². The highest BCUT2D eigenvalue weighted by molar-refractivity contribution is 5.92. The average Bonchev–Trinajstić information content (AvgIpc) is 2.25. The van der Waals surface area contributed by atoms with Crippen molar-refractivity contribution in [3.05, 3.63) is 24.0 Å². The topological polar surface area (TPSA) is 59.2 Å². The van der Waals surface area contributed by atoms with E-state index in [9.17, 15) is 4.79 Å². The number of pyridine rings is 1. The molecule has 0 aromatic carbocycles. The Hall–Kier alpha value is -1.58. The van der Waals surface area contributed by atoms with Gasteiger partial charge in [0.2, 0.25) is 0 Å². The summed E-state index contributed by atoms with van der Waals surface area (Å²) >= 11 is 0. The van der Waals surface area contributed by atoms with Gasteiger partial charge in [0, 0.05) is 12.6 Å². The van der Waals surface area contributed by atoms with Crippen molar-refractivity contribution in [3.8, 4) is 0 Å². The van der Waals surface area contributed by atoms with Crippen LogP contribution in [0, 0.1) is 0 Å². The highest BCUT2D eigenvalue weighted by Crippen LogP contribution is 2.08. The minimum atomic E-state index is -0.0307. The van der Waals surface area contributed by atoms with Crippen LogP contribution in [0.2, 0.25) is 0 Å². The number of carbonyl (C=O) groups excluding carboxylic acids is 1. The molecule has 0 spiro atoms. The van der Waals surface area contributed by atoms with Crippen LogP contribution >= 0.6 is 0 Å². The number of nitrogen functional groups attached to an aromatic ring is 1. The van der Waals surface area contributed by atoms with Crippen molar-refractivity contribution in [1.82, 2.24) is 9.88 Å². The molecule has 1 aromatic rings. The van der Waals surface area contributed by atoms with Gasteiger partial charge in [0.25, 0.3) is 5.91 Å². The Labute approximate surface area is 96.5 Å². The molecule has 0 unspecified atom stereocenters. The van der Waals surface area contributed by atoms with Crippen LogP contribution in [-0.2, 0) is 0 Å². The van der Waals surface area contributed by atoms with Crippen LogP contribution in [0.15, 0.2) is 18.3 Å². The van der Waals surface area contributed by atoms with E-state index in [1.165, 1.54) is 6.20 Å². The van der Waals surface area contributed by atoms with Crippen molar-refractivity contribution in [2.75, 3.05) is 12.3 Å². The van der Waals surface area contributed by atoms with Crippen molar-refractivity contribution in [1.29, 1.82) is 0 Å². The van der Waals surface area contributed by atoms with Crippen molar-refractivity contribution >= 4 is 11.6 Å². The number of hydrogen-bond donors (Lipinski definition) is 1. The Balaban J connectivity index is 2.86. The highest BCUT2D eigenvalue weighted by atomic mass is 16.2. The predicted molar refractivity (Wildman–Crippen MR) is 65.1 cm³/mol. The molecule has 1 aromatic heterocycles. The largest absolute Gasteiger partial charge is 0.397 e. The van der Waals surface area contributed by atoms with Crippen molar-refractivity contribution < 1.29 is 4.79 Å². The van der Waals surface area contributed by atoms with Gasteiger partial charge in [0.15, 0.2) is 0 Å². The monoisotopic (exact) mass is 221 g/mol. The van der Waals surface area contributed by atoms with Crippen LogP contribution in [0.1, 0.15) is 37.7 Å². The van der Waals surface area contributed by atoms with E-state index < -0.39 is 0 Å². The Bertz CT molecular complexity index is 346. The molecule has 1 amide bonds. The van der Waals surface area contributed by atoms with E-state index in [-0.39, 0.29) is 11.9 Å². The van der Waals surface area contributed by atoms with Crippen LogP contribution in [0.3, 0.4) is 0 Å². The minimum absolute atomic E-state index is 0.0307. The summed E-state index contributed by atoms with van der Waals surface area (Å²) < 4.78 is 0. The summed E-state index contributed by atoms with van der Waals surface area (Å²) in [7, 11) is 0. The number of carbonyl (C=O) groups is 1. The quantitative estimate of drug-likeness (QED) is 0.845. The Kier molecular flexibility index (Phi) is 4.28. The summed E-state index contributed by atoms with van der Waals surface area (Å²) in [5, 5.41) is 0. The first kappa shape index (κ1) is 12.5. The summed E-state index contributed by atoms with van der Waals surface area (Å²) in [4.78, 5) is 18.0. The number of amides is 1. The molecule has 88 valence electrons. The molecule has 0 fully saturated rings. The molecule has 0 aliphatic rings. The molecular formula is C12H19N3O. The third-order valence-electron chi connectivity index (χ3n) is 2.35. The van der Waals surface area contributed by atoms with Gasteiger partial charge in [-0.2, -0.15) is 0 Å². The molecule has 0 bridgehead atoms. The molecule has 0 atom stereocenters. The smallest absolute Gasteiger partial charge is 0.272 e. The summed E-state index contributed by atoms with van der Waals surface area (Å²) in [6, 6.07) is 3.56. The maximum Gasteiger partial charge on any atom is 0.272 e. The molecule has 1 heterocycles. The van der Waals surface area contributed by atoms with E-state index in [1.807, 2.05) is 18.7 Å². The first-order valence-corrected chi connectivity index (χ1v) is 5.58.